The van der Waals surface area contributed by atoms with Crippen molar-refractivity contribution >= 4 is 13.6 Å². The molecule has 8 nitrogen and oxygen atoms in total. The molecular formula is C24H50NO7P. The highest BCUT2D eigenvalue weighted by Crippen LogP contribution is 2.34. The number of aliphatic hydroxyl groups excluding tert-OH is 2. The van der Waals surface area contributed by atoms with Crippen molar-refractivity contribution in [3.05, 3.63) is 0 Å². The number of Topliss-reactive ketones (excluding diaryl/α,β-unsaturated/α-hetero) is 1. The molecule has 0 fully saturated rings. The van der Waals surface area contributed by atoms with Gasteiger partial charge in [-0.1, -0.05) is 84.0 Å². The predicted molar refractivity (Wildman–Crippen MR) is 130 cm³/mol. The van der Waals surface area contributed by atoms with Gasteiger partial charge < -0.3 is 29.0 Å². The number of likely N-dealkylation sites (N-methyl/N-ethyl adjacent to an activating group) is 1. The van der Waals surface area contributed by atoms with Crippen LogP contribution in [0.5, 0.6) is 0 Å². The first-order valence-corrected chi connectivity index (χ1v) is 14.3. The van der Waals surface area contributed by atoms with E-state index in [1.807, 2.05) is 0 Å². The topological polar surface area (TPSA) is 127 Å². The summed E-state index contributed by atoms with van der Waals surface area (Å²) >= 11 is 0. The molecule has 9 heteroatoms. The van der Waals surface area contributed by atoms with Gasteiger partial charge in [-0.2, -0.15) is 0 Å². The second-order valence-corrected chi connectivity index (χ2v) is 11.5. The SMILES string of the molecule is CCCCCCCCCCCCCCCC(=O)CC(O)C(O)C(C[N+](C)(C)C)OP(=O)([O-])O. The molecule has 4 unspecified atom stereocenters. The number of unbranched alkanes of at least 4 members (excludes halogenated alkanes) is 12. The Kier molecular flexibility index (Phi) is 17.8. The summed E-state index contributed by atoms with van der Waals surface area (Å²) in [6, 6.07) is 0. The van der Waals surface area contributed by atoms with E-state index >= 15 is 0 Å². The van der Waals surface area contributed by atoms with Crippen molar-refractivity contribution < 1.29 is 38.4 Å². The standard InChI is InChI=1S/C24H50NO7P/c1-5-6-7-8-9-10-11-12-13-14-15-16-17-18-21(26)19-22(27)24(28)23(20-25(2,3)4)32-33(29,30)31/h22-24,27-28H,5-20H2,1-4H3,(H-,29,30,31). The number of quaternary nitrogens is 1. The van der Waals surface area contributed by atoms with Crippen LogP contribution < -0.4 is 4.89 Å². The van der Waals surface area contributed by atoms with Crippen molar-refractivity contribution in [3.8, 4) is 0 Å². The number of hydrogen-bond acceptors (Lipinski definition) is 6. The van der Waals surface area contributed by atoms with Crippen molar-refractivity contribution in [1.82, 2.24) is 0 Å². The van der Waals surface area contributed by atoms with Crippen molar-refractivity contribution in [2.24, 2.45) is 0 Å². The van der Waals surface area contributed by atoms with Gasteiger partial charge in [0.15, 0.2) is 0 Å². The Hall–Kier alpha value is -0.340. The molecule has 0 bridgehead atoms. The van der Waals surface area contributed by atoms with E-state index in [0.717, 1.165) is 19.3 Å². The lowest BCUT2D eigenvalue weighted by Crippen LogP contribution is -2.50. The van der Waals surface area contributed by atoms with Gasteiger partial charge in [-0.15, -0.1) is 0 Å². The van der Waals surface area contributed by atoms with Crippen LogP contribution in [0.1, 0.15) is 103 Å². The molecule has 0 aliphatic carbocycles. The lowest BCUT2D eigenvalue weighted by atomic mass is 9.99. The number of nitrogens with zero attached hydrogens (tertiary/aromatic N) is 1. The number of aliphatic hydroxyl groups is 2. The zero-order valence-corrected chi connectivity index (χ0v) is 22.3. The van der Waals surface area contributed by atoms with Gasteiger partial charge in [-0.05, 0) is 6.42 Å². The average Bonchev–Trinajstić information content (AvgIpc) is 2.68. The van der Waals surface area contributed by atoms with E-state index in [1.54, 1.807) is 21.1 Å². The summed E-state index contributed by atoms with van der Waals surface area (Å²) in [6.07, 6.45) is 11.4. The minimum Gasteiger partial charge on any atom is -0.756 e. The first kappa shape index (κ1) is 32.7. The fourth-order valence-corrected chi connectivity index (χ4v) is 4.49. The van der Waals surface area contributed by atoms with E-state index in [1.165, 1.54) is 64.2 Å². The summed E-state index contributed by atoms with van der Waals surface area (Å²) in [5.74, 6) is -0.178. The molecule has 0 heterocycles. The van der Waals surface area contributed by atoms with Gasteiger partial charge >= 0.3 is 0 Å². The lowest BCUT2D eigenvalue weighted by Gasteiger charge is -2.34. The minimum absolute atomic E-state index is 0.0259. The summed E-state index contributed by atoms with van der Waals surface area (Å²) in [5, 5.41) is 20.6. The molecule has 33 heavy (non-hydrogen) atoms. The summed E-state index contributed by atoms with van der Waals surface area (Å²) in [7, 11) is 0.161. The molecule has 0 amide bonds. The third-order valence-corrected chi connectivity index (χ3v) is 6.30. The summed E-state index contributed by atoms with van der Waals surface area (Å²) in [5.41, 5.74) is 0. The average molecular weight is 496 g/mol. The summed E-state index contributed by atoms with van der Waals surface area (Å²) in [4.78, 5) is 32.3. The second-order valence-electron chi connectivity index (χ2n) is 10.4. The van der Waals surface area contributed by atoms with Crippen LogP contribution in [0.2, 0.25) is 0 Å². The molecule has 0 aromatic heterocycles. The number of phosphoric acid groups is 1. The van der Waals surface area contributed by atoms with E-state index in [-0.39, 0.29) is 23.2 Å². The van der Waals surface area contributed by atoms with Gasteiger partial charge in [0.05, 0.1) is 27.2 Å². The quantitative estimate of drug-likeness (QED) is 0.119. The molecule has 0 aromatic carbocycles. The normalized spacial score (nSPS) is 16.8. The Morgan fingerprint density at radius 1 is 0.879 bits per heavy atom. The van der Waals surface area contributed by atoms with E-state index < -0.39 is 26.1 Å². The summed E-state index contributed by atoms with van der Waals surface area (Å²) < 4.78 is 15.9. The fraction of sp³-hybridized carbons (Fsp3) is 0.958. The number of phosphoric ester groups is 1. The van der Waals surface area contributed by atoms with Crippen LogP contribution in [0, 0.1) is 0 Å². The van der Waals surface area contributed by atoms with Crippen LogP contribution in [0.3, 0.4) is 0 Å². The molecule has 0 saturated heterocycles. The van der Waals surface area contributed by atoms with Gasteiger partial charge in [-0.25, -0.2) is 0 Å². The minimum atomic E-state index is -5.10. The molecule has 0 saturated carbocycles. The van der Waals surface area contributed by atoms with Crippen molar-refractivity contribution in [1.29, 1.82) is 0 Å². The summed E-state index contributed by atoms with van der Waals surface area (Å²) in [6.45, 7) is 2.26. The Labute approximate surface area is 201 Å². The van der Waals surface area contributed by atoms with Gasteiger partial charge in [-0.3, -0.25) is 9.36 Å². The van der Waals surface area contributed by atoms with Gasteiger partial charge in [0.2, 0.25) is 0 Å². The fourth-order valence-electron chi connectivity index (χ4n) is 3.96. The number of carbonyl (C=O) groups excluding carboxylic acids is 1. The van der Waals surface area contributed by atoms with Crippen LogP contribution in [0.4, 0.5) is 0 Å². The monoisotopic (exact) mass is 495 g/mol. The Balaban J connectivity index is 4.01. The highest BCUT2D eigenvalue weighted by Gasteiger charge is 2.34. The third-order valence-electron chi connectivity index (χ3n) is 5.77. The first-order chi connectivity index (χ1) is 15.4. The van der Waals surface area contributed by atoms with Crippen LogP contribution in [0.25, 0.3) is 0 Å². The Morgan fingerprint density at radius 2 is 1.30 bits per heavy atom. The molecule has 0 aliphatic heterocycles. The van der Waals surface area contributed by atoms with Crippen molar-refractivity contribution in [2.75, 3.05) is 27.7 Å². The molecule has 0 rings (SSSR count). The van der Waals surface area contributed by atoms with E-state index in [9.17, 15) is 24.5 Å². The largest absolute Gasteiger partial charge is 0.756 e. The van der Waals surface area contributed by atoms with Crippen LogP contribution in [-0.2, 0) is 13.9 Å². The molecule has 4 atom stereocenters. The maximum Gasteiger partial charge on any atom is 0.265 e. The molecule has 0 spiro atoms. The first-order valence-electron chi connectivity index (χ1n) is 12.8. The van der Waals surface area contributed by atoms with Crippen LogP contribution in [-0.4, -0.2) is 71.4 Å². The van der Waals surface area contributed by atoms with Gasteiger partial charge in [0.25, 0.3) is 7.82 Å². The van der Waals surface area contributed by atoms with Crippen molar-refractivity contribution in [2.45, 2.75) is 122 Å². The third kappa shape index (κ3) is 20.7. The molecule has 0 aliphatic rings. The van der Waals surface area contributed by atoms with E-state index in [4.69, 9.17) is 4.89 Å². The smallest absolute Gasteiger partial charge is 0.265 e. The zero-order valence-electron chi connectivity index (χ0n) is 21.4. The molecule has 198 valence electrons. The number of ketones is 1. The Morgan fingerprint density at radius 3 is 1.70 bits per heavy atom. The Bertz CT molecular complexity index is 547. The molecular weight excluding hydrogens is 445 g/mol. The highest BCUT2D eigenvalue weighted by molar-refractivity contribution is 7.44. The van der Waals surface area contributed by atoms with E-state index in [2.05, 4.69) is 11.4 Å². The van der Waals surface area contributed by atoms with Gasteiger partial charge in [0.1, 0.15) is 24.5 Å². The van der Waals surface area contributed by atoms with Crippen LogP contribution >= 0.6 is 7.82 Å². The lowest BCUT2D eigenvalue weighted by molar-refractivity contribution is -0.873. The van der Waals surface area contributed by atoms with Crippen LogP contribution in [0.15, 0.2) is 0 Å². The second kappa shape index (κ2) is 18.0. The number of carbonyl (C=O) groups is 1. The van der Waals surface area contributed by atoms with Gasteiger partial charge in [0, 0.05) is 12.8 Å². The maximum atomic E-state index is 12.2. The zero-order chi connectivity index (χ0) is 25.3. The maximum absolute atomic E-state index is 12.2. The van der Waals surface area contributed by atoms with Crippen molar-refractivity contribution in [3.63, 3.8) is 0 Å². The number of hydrogen-bond donors (Lipinski definition) is 3. The molecule has 0 aromatic rings. The highest BCUT2D eigenvalue weighted by atomic mass is 31.2. The van der Waals surface area contributed by atoms with E-state index in [0.29, 0.717) is 6.42 Å². The molecule has 0 radical (unpaired) electrons. The number of rotatable bonds is 22. The molecule has 3 N–H and O–H groups in total. The predicted octanol–water partition coefficient (Wildman–Crippen LogP) is 3.70.